The SMILES string of the molecule is CN=C(NCCCCn1ccnc1C)N1CCN(Cc2ccon2)CC1.I. The van der Waals surface area contributed by atoms with Crippen LogP contribution >= 0.6 is 24.0 Å². The minimum Gasteiger partial charge on any atom is -0.364 e. The summed E-state index contributed by atoms with van der Waals surface area (Å²) in [6.07, 6.45) is 7.78. The first-order chi connectivity index (χ1) is 12.8. The van der Waals surface area contributed by atoms with E-state index in [1.165, 1.54) is 0 Å². The maximum Gasteiger partial charge on any atom is 0.193 e. The molecule has 27 heavy (non-hydrogen) atoms. The van der Waals surface area contributed by atoms with E-state index in [-0.39, 0.29) is 24.0 Å². The third kappa shape index (κ3) is 6.49. The number of hydrogen-bond acceptors (Lipinski definition) is 5. The lowest BCUT2D eigenvalue weighted by Gasteiger charge is -2.36. The third-order valence-electron chi connectivity index (χ3n) is 4.79. The quantitative estimate of drug-likeness (QED) is 0.279. The Morgan fingerprint density at radius 3 is 2.70 bits per heavy atom. The molecule has 9 heteroatoms. The first-order valence-corrected chi connectivity index (χ1v) is 9.31. The highest BCUT2D eigenvalue weighted by Gasteiger charge is 2.20. The van der Waals surface area contributed by atoms with Crippen molar-refractivity contribution in [2.24, 2.45) is 4.99 Å². The molecule has 0 saturated carbocycles. The van der Waals surface area contributed by atoms with Crippen LogP contribution in [0.4, 0.5) is 0 Å². The van der Waals surface area contributed by atoms with Gasteiger partial charge < -0.3 is 19.3 Å². The van der Waals surface area contributed by atoms with Gasteiger partial charge in [-0.25, -0.2) is 4.98 Å². The monoisotopic (exact) mass is 487 g/mol. The number of hydrogen-bond donors (Lipinski definition) is 1. The Hall–Kier alpha value is -1.62. The van der Waals surface area contributed by atoms with Crippen molar-refractivity contribution < 1.29 is 4.52 Å². The lowest BCUT2D eigenvalue weighted by atomic mass is 10.3. The zero-order chi connectivity index (χ0) is 18.2. The number of piperazine rings is 1. The van der Waals surface area contributed by atoms with Gasteiger partial charge in [0.15, 0.2) is 5.96 Å². The molecule has 1 aliphatic rings. The highest BCUT2D eigenvalue weighted by atomic mass is 127. The summed E-state index contributed by atoms with van der Waals surface area (Å²) in [5, 5.41) is 7.49. The van der Waals surface area contributed by atoms with Crippen molar-refractivity contribution >= 4 is 29.9 Å². The van der Waals surface area contributed by atoms with E-state index in [1.54, 1.807) is 6.26 Å². The fourth-order valence-electron chi connectivity index (χ4n) is 3.25. The topological polar surface area (TPSA) is 74.7 Å². The number of nitrogens with one attached hydrogen (secondary N) is 1. The van der Waals surface area contributed by atoms with Gasteiger partial charge in [0, 0.05) is 71.3 Å². The van der Waals surface area contributed by atoms with Crippen LogP contribution in [-0.4, -0.2) is 70.2 Å². The molecular formula is C18H30IN7O. The number of aliphatic imine (C=N–C) groups is 1. The van der Waals surface area contributed by atoms with Crippen LogP contribution in [0.15, 0.2) is 34.2 Å². The summed E-state index contributed by atoms with van der Waals surface area (Å²) >= 11 is 0. The molecule has 0 unspecified atom stereocenters. The van der Waals surface area contributed by atoms with Crippen molar-refractivity contribution in [2.45, 2.75) is 32.9 Å². The van der Waals surface area contributed by atoms with E-state index in [0.717, 1.165) is 76.1 Å². The van der Waals surface area contributed by atoms with Crippen molar-refractivity contribution in [3.05, 3.63) is 36.2 Å². The Morgan fingerprint density at radius 1 is 1.26 bits per heavy atom. The molecule has 3 rings (SSSR count). The summed E-state index contributed by atoms with van der Waals surface area (Å²) in [6, 6.07) is 1.93. The Kier molecular flexibility index (Phi) is 9.05. The van der Waals surface area contributed by atoms with Crippen LogP contribution in [0.1, 0.15) is 24.4 Å². The van der Waals surface area contributed by atoms with E-state index < -0.39 is 0 Å². The number of aromatic nitrogens is 3. The maximum atomic E-state index is 4.91. The molecule has 0 aliphatic carbocycles. The van der Waals surface area contributed by atoms with E-state index in [9.17, 15) is 0 Å². The number of halogens is 1. The van der Waals surface area contributed by atoms with Gasteiger partial charge in [0.1, 0.15) is 12.1 Å². The molecule has 1 saturated heterocycles. The Labute approximate surface area is 178 Å². The van der Waals surface area contributed by atoms with Gasteiger partial charge in [0.05, 0.1) is 5.69 Å². The van der Waals surface area contributed by atoms with E-state index in [4.69, 9.17) is 4.52 Å². The van der Waals surface area contributed by atoms with E-state index in [2.05, 4.69) is 34.8 Å². The van der Waals surface area contributed by atoms with Crippen LogP contribution in [0.25, 0.3) is 0 Å². The van der Waals surface area contributed by atoms with Crippen molar-refractivity contribution in [2.75, 3.05) is 39.8 Å². The molecule has 1 aliphatic heterocycles. The normalized spacial score (nSPS) is 15.6. The number of nitrogens with zero attached hydrogens (tertiary/aromatic N) is 6. The smallest absolute Gasteiger partial charge is 0.193 e. The van der Waals surface area contributed by atoms with Gasteiger partial charge >= 0.3 is 0 Å². The minimum absolute atomic E-state index is 0. The van der Waals surface area contributed by atoms with Crippen LogP contribution in [0.5, 0.6) is 0 Å². The number of guanidine groups is 1. The van der Waals surface area contributed by atoms with Crippen molar-refractivity contribution in [3.8, 4) is 0 Å². The highest BCUT2D eigenvalue weighted by molar-refractivity contribution is 14.0. The molecule has 2 aromatic rings. The van der Waals surface area contributed by atoms with Crippen LogP contribution < -0.4 is 5.32 Å². The number of aryl methyl sites for hydroxylation is 2. The molecule has 0 spiro atoms. The minimum atomic E-state index is 0. The predicted octanol–water partition coefficient (Wildman–Crippen LogP) is 1.97. The fourth-order valence-corrected chi connectivity index (χ4v) is 3.25. The molecule has 0 bridgehead atoms. The van der Waals surface area contributed by atoms with Crippen LogP contribution in [0, 0.1) is 6.92 Å². The molecular weight excluding hydrogens is 457 g/mol. The lowest BCUT2D eigenvalue weighted by molar-refractivity contribution is 0.169. The molecule has 3 heterocycles. The molecule has 2 aromatic heterocycles. The zero-order valence-corrected chi connectivity index (χ0v) is 18.5. The molecule has 1 N–H and O–H groups in total. The summed E-state index contributed by atoms with van der Waals surface area (Å²) in [7, 11) is 1.86. The van der Waals surface area contributed by atoms with E-state index in [1.807, 2.05) is 32.4 Å². The number of unbranched alkanes of at least 4 members (excludes halogenated alkanes) is 1. The summed E-state index contributed by atoms with van der Waals surface area (Å²) in [6.45, 7) is 8.83. The van der Waals surface area contributed by atoms with Gasteiger partial charge in [-0.1, -0.05) is 5.16 Å². The van der Waals surface area contributed by atoms with E-state index in [0.29, 0.717) is 0 Å². The molecule has 0 atom stereocenters. The first-order valence-electron chi connectivity index (χ1n) is 9.31. The average Bonchev–Trinajstić information content (AvgIpc) is 3.31. The summed E-state index contributed by atoms with van der Waals surface area (Å²) in [4.78, 5) is 13.4. The van der Waals surface area contributed by atoms with Gasteiger partial charge in [-0.2, -0.15) is 0 Å². The summed E-state index contributed by atoms with van der Waals surface area (Å²) in [5.41, 5.74) is 0.995. The second kappa shape index (κ2) is 11.3. The molecule has 8 nitrogen and oxygen atoms in total. The molecule has 1 fully saturated rings. The summed E-state index contributed by atoms with van der Waals surface area (Å²) in [5.74, 6) is 2.09. The van der Waals surface area contributed by atoms with Gasteiger partial charge in [0.25, 0.3) is 0 Å². The molecule has 0 amide bonds. The second-order valence-electron chi connectivity index (χ2n) is 6.60. The fraction of sp³-hybridized carbons (Fsp3) is 0.611. The largest absolute Gasteiger partial charge is 0.364 e. The Balaban J connectivity index is 0.00000261. The van der Waals surface area contributed by atoms with E-state index >= 15 is 0 Å². The van der Waals surface area contributed by atoms with Gasteiger partial charge in [-0.15, -0.1) is 24.0 Å². The lowest BCUT2D eigenvalue weighted by Crippen LogP contribution is -2.52. The van der Waals surface area contributed by atoms with Crippen LogP contribution in [-0.2, 0) is 13.1 Å². The van der Waals surface area contributed by atoms with Crippen LogP contribution in [0.3, 0.4) is 0 Å². The van der Waals surface area contributed by atoms with Gasteiger partial charge in [-0.3, -0.25) is 9.89 Å². The Bertz CT molecular complexity index is 678. The molecule has 150 valence electrons. The highest BCUT2D eigenvalue weighted by Crippen LogP contribution is 2.07. The zero-order valence-electron chi connectivity index (χ0n) is 16.2. The predicted molar refractivity (Wildman–Crippen MR) is 116 cm³/mol. The summed E-state index contributed by atoms with van der Waals surface area (Å²) < 4.78 is 7.10. The molecule has 0 aromatic carbocycles. The Morgan fingerprint density at radius 2 is 2.07 bits per heavy atom. The maximum absolute atomic E-state index is 4.91. The number of rotatable bonds is 7. The van der Waals surface area contributed by atoms with Crippen molar-refractivity contribution in [3.63, 3.8) is 0 Å². The second-order valence-corrected chi connectivity index (χ2v) is 6.60. The standard InChI is InChI=1S/C18H29N7O.HI/c1-16-20-7-9-24(16)8-4-3-6-21-18(19-2)25-12-10-23(11-13-25)15-17-5-14-26-22-17;/h5,7,9,14H,3-4,6,8,10-13,15H2,1-2H3,(H,19,21);1H. The van der Waals surface area contributed by atoms with Crippen LogP contribution in [0.2, 0.25) is 0 Å². The van der Waals surface area contributed by atoms with Crippen molar-refractivity contribution in [1.82, 2.24) is 29.8 Å². The first kappa shape index (κ1) is 21.7. The molecule has 0 radical (unpaired) electrons. The van der Waals surface area contributed by atoms with Gasteiger partial charge in [-0.05, 0) is 19.8 Å². The third-order valence-corrected chi connectivity index (χ3v) is 4.79. The van der Waals surface area contributed by atoms with Gasteiger partial charge in [0.2, 0.25) is 0 Å². The number of imidazole rings is 1. The van der Waals surface area contributed by atoms with Crippen molar-refractivity contribution in [1.29, 1.82) is 0 Å². The average molecular weight is 487 g/mol.